The van der Waals surface area contributed by atoms with E-state index >= 15 is 0 Å². The fourth-order valence-electron chi connectivity index (χ4n) is 2.59. The monoisotopic (exact) mass is 414 g/mol. The van der Waals surface area contributed by atoms with Crippen LogP contribution >= 0.6 is 12.2 Å². The van der Waals surface area contributed by atoms with Crippen LogP contribution in [0, 0.1) is 13.8 Å². The minimum atomic E-state index is -0.186. The molecule has 0 saturated carbocycles. The fourth-order valence-corrected chi connectivity index (χ4v) is 2.75. The topological polar surface area (TPSA) is 84.0 Å². The highest BCUT2D eigenvalue weighted by Crippen LogP contribution is 2.27. The number of hydrazone groups is 1. The van der Waals surface area contributed by atoms with Gasteiger partial charge in [0, 0.05) is 12.2 Å². The van der Waals surface area contributed by atoms with Crippen molar-refractivity contribution in [2.75, 3.05) is 25.6 Å². The molecule has 1 amide bonds. The van der Waals surface area contributed by atoms with Crippen molar-refractivity contribution in [3.05, 3.63) is 53.1 Å². The number of carbonyl (C=O) groups is 1. The van der Waals surface area contributed by atoms with Crippen molar-refractivity contribution in [2.24, 2.45) is 5.10 Å². The molecule has 2 aromatic rings. The Morgan fingerprint density at radius 3 is 2.55 bits per heavy atom. The van der Waals surface area contributed by atoms with E-state index in [1.807, 2.05) is 45.0 Å². The van der Waals surface area contributed by atoms with E-state index in [1.54, 1.807) is 18.3 Å². The maximum atomic E-state index is 11.5. The first kappa shape index (κ1) is 22.2. The van der Waals surface area contributed by atoms with Crippen LogP contribution in [0.5, 0.6) is 11.5 Å². The average Bonchev–Trinajstić information content (AvgIpc) is 2.70. The Hall–Kier alpha value is -3.13. The van der Waals surface area contributed by atoms with Gasteiger partial charge in [-0.25, -0.2) is 0 Å². The fraction of sp³-hybridized carbons (Fsp3) is 0.286. The highest BCUT2D eigenvalue weighted by Gasteiger charge is 2.08. The lowest BCUT2D eigenvalue weighted by atomic mass is 10.1. The van der Waals surface area contributed by atoms with E-state index in [9.17, 15) is 4.79 Å². The number of hydrogen-bond donors (Lipinski definition) is 3. The van der Waals surface area contributed by atoms with Gasteiger partial charge < -0.3 is 20.1 Å². The Labute approximate surface area is 176 Å². The average molecular weight is 415 g/mol. The van der Waals surface area contributed by atoms with Crippen molar-refractivity contribution in [1.82, 2.24) is 10.7 Å². The van der Waals surface area contributed by atoms with E-state index in [0.29, 0.717) is 23.2 Å². The first-order valence-corrected chi connectivity index (χ1v) is 9.59. The molecule has 2 aromatic carbocycles. The summed E-state index contributed by atoms with van der Waals surface area (Å²) < 4.78 is 10.8. The van der Waals surface area contributed by atoms with Crippen LogP contribution in [0.1, 0.15) is 23.6 Å². The number of carbonyl (C=O) groups excluding carboxylic acids is 1. The lowest BCUT2D eigenvalue weighted by Gasteiger charge is -2.12. The van der Waals surface area contributed by atoms with E-state index in [0.717, 1.165) is 22.4 Å². The van der Waals surface area contributed by atoms with Gasteiger partial charge in [-0.15, -0.1) is 0 Å². The van der Waals surface area contributed by atoms with Gasteiger partial charge in [0.15, 0.2) is 23.2 Å². The van der Waals surface area contributed by atoms with Crippen LogP contribution < -0.4 is 25.5 Å². The molecule has 8 heteroatoms. The number of hydrogen-bond acceptors (Lipinski definition) is 5. The summed E-state index contributed by atoms with van der Waals surface area (Å²) in [6, 6.07) is 11.3. The number of aryl methyl sites for hydroxylation is 2. The highest BCUT2D eigenvalue weighted by molar-refractivity contribution is 7.80. The van der Waals surface area contributed by atoms with E-state index in [4.69, 9.17) is 21.7 Å². The van der Waals surface area contributed by atoms with Gasteiger partial charge in [-0.1, -0.05) is 18.2 Å². The molecular formula is C21H26N4O3S. The van der Waals surface area contributed by atoms with Gasteiger partial charge in [-0.05, 0) is 67.9 Å². The molecule has 0 aliphatic heterocycles. The zero-order chi connectivity index (χ0) is 21.2. The molecule has 0 unspecified atom stereocenters. The third-order valence-corrected chi connectivity index (χ3v) is 4.21. The Morgan fingerprint density at radius 2 is 1.90 bits per heavy atom. The number of thiocarbonyl (C=S) groups is 1. The number of para-hydroxylation sites is 1. The number of nitrogens with zero attached hydrogens (tertiary/aromatic N) is 1. The van der Waals surface area contributed by atoms with Crippen molar-refractivity contribution in [1.29, 1.82) is 0 Å². The second kappa shape index (κ2) is 11.0. The molecule has 0 atom stereocenters. The van der Waals surface area contributed by atoms with Crippen LogP contribution in [0.25, 0.3) is 0 Å². The number of rotatable bonds is 8. The van der Waals surface area contributed by atoms with Crippen molar-refractivity contribution in [3.8, 4) is 11.5 Å². The Kier molecular flexibility index (Phi) is 8.42. The summed E-state index contributed by atoms with van der Waals surface area (Å²) in [4.78, 5) is 11.5. The van der Waals surface area contributed by atoms with Crippen molar-refractivity contribution in [3.63, 3.8) is 0 Å². The zero-order valence-electron chi connectivity index (χ0n) is 17.0. The zero-order valence-corrected chi connectivity index (χ0v) is 17.9. The predicted molar refractivity (Wildman–Crippen MR) is 120 cm³/mol. The first-order chi connectivity index (χ1) is 13.9. The molecule has 0 bridgehead atoms. The smallest absolute Gasteiger partial charge is 0.257 e. The van der Waals surface area contributed by atoms with Crippen LogP contribution in [0.3, 0.4) is 0 Å². The molecule has 0 radical (unpaired) electrons. The number of methoxy groups -OCH3 is 1. The lowest BCUT2D eigenvalue weighted by Crippen LogP contribution is -2.28. The quantitative estimate of drug-likeness (QED) is 0.350. The van der Waals surface area contributed by atoms with E-state index < -0.39 is 0 Å². The minimum absolute atomic E-state index is 0.0720. The van der Waals surface area contributed by atoms with Crippen molar-refractivity contribution >= 4 is 35.1 Å². The molecule has 7 nitrogen and oxygen atoms in total. The van der Waals surface area contributed by atoms with Gasteiger partial charge in [-0.2, -0.15) is 5.10 Å². The van der Waals surface area contributed by atoms with Gasteiger partial charge in [0.25, 0.3) is 5.91 Å². The summed E-state index contributed by atoms with van der Waals surface area (Å²) in [6.07, 6.45) is 1.62. The summed E-state index contributed by atoms with van der Waals surface area (Å²) in [5.41, 5.74) is 6.77. The summed E-state index contributed by atoms with van der Waals surface area (Å²) in [5, 5.41) is 10.4. The normalized spacial score (nSPS) is 10.5. The van der Waals surface area contributed by atoms with E-state index in [1.165, 1.54) is 7.11 Å². The Bertz CT molecular complexity index is 879. The number of benzene rings is 2. The molecule has 2 rings (SSSR count). The van der Waals surface area contributed by atoms with Gasteiger partial charge in [0.05, 0.1) is 13.3 Å². The third kappa shape index (κ3) is 6.76. The Balaban J connectivity index is 1.96. The molecule has 0 saturated heterocycles. The second-order valence-electron chi connectivity index (χ2n) is 6.24. The lowest BCUT2D eigenvalue weighted by molar-refractivity contribution is -0.123. The number of anilines is 1. The maximum absolute atomic E-state index is 11.5. The van der Waals surface area contributed by atoms with Crippen LogP contribution in [0.4, 0.5) is 5.69 Å². The SMILES string of the molecule is CCNC(=O)COc1ccc(/C=N\NC(=S)Nc2c(C)cccc2C)cc1OC. The number of amides is 1. The maximum Gasteiger partial charge on any atom is 0.257 e. The molecule has 0 fully saturated rings. The molecule has 0 aromatic heterocycles. The standard InChI is InChI=1S/C21H26N4O3S/c1-5-22-19(26)13-28-17-10-9-16(11-18(17)27-4)12-23-25-21(29)24-20-14(2)7-6-8-15(20)3/h6-12H,5,13H2,1-4H3,(H,22,26)(H2,24,25,29)/b23-12-. The number of likely N-dealkylation sites (N-methyl/N-ethyl adjacent to an activating group) is 1. The molecule has 0 aliphatic rings. The van der Waals surface area contributed by atoms with Crippen molar-refractivity contribution in [2.45, 2.75) is 20.8 Å². The van der Waals surface area contributed by atoms with Crippen LogP contribution in [0.2, 0.25) is 0 Å². The van der Waals surface area contributed by atoms with Gasteiger partial charge in [0.2, 0.25) is 0 Å². The molecule has 29 heavy (non-hydrogen) atoms. The van der Waals surface area contributed by atoms with Crippen molar-refractivity contribution < 1.29 is 14.3 Å². The summed E-state index contributed by atoms with van der Waals surface area (Å²) in [5.74, 6) is 0.805. The third-order valence-electron chi connectivity index (χ3n) is 4.02. The molecular weight excluding hydrogens is 388 g/mol. The van der Waals surface area contributed by atoms with Gasteiger partial charge >= 0.3 is 0 Å². The number of nitrogens with one attached hydrogen (secondary N) is 3. The summed E-state index contributed by atoms with van der Waals surface area (Å²) >= 11 is 5.30. The van der Waals surface area contributed by atoms with E-state index in [-0.39, 0.29) is 12.5 Å². The predicted octanol–water partition coefficient (Wildman–Crippen LogP) is 3.15. The molecule has 154 valence electrons. The van der Waals surface area contributed by atoms with Gasteiger partial charge in [-0.3, -0.25) is 10.2 Å². The Morgan fingerprint density at radius 1 is 1.17 bits per heavy atom. The van der Waals surface area contributed by atoms with Crippen LogP contribution in [0.15, 0.2) is 41.5 Å². The molecule has 3 N–H and O–H groups in total. The largest absolute Gasteiger partial charge is 0.493 e. The van der Waals surface area contributed by atoms with E-state index in [2.05, 4.69) is 21.2 Å². The first-order valence-electron chi connectivity index (χ1n) is 9.18. The van der Waals surface area contributed by atoms with Crippen LogP contribution in [-0.2, 0) is 4.79 Å². The van der Waals surface area contributed by atoms with Crippen LogP contribution in [-0.4, -0.2) is 37.5 Å². The molecule has 0 heterocycles. The number of ether oxygens (including phenoxy) is 2. The summed E-state index contributed by atoms with van der Waals surface area (Å²) in [7, 11) is 1.54. The molecule has 0 aliphatic carbocycles. The summed E-state index contributed by atoms with van der Waals surface area (Å²) in [6.45, 7) is 6.37. The second-order valence-corrected chi connectivity index (χ2v) is 6.65. The minimum Gasteiger partial charge on any atom is -0.493 e. The van der Waals surface area contributed by atoms with Gasteiger partial charge in [0.1, 0.15) is 0 Å². The highest BCUT2D eigenvalue weighted by atomic mass is 32.1. The molecule has 0 spiro atoms.